The van der Waals surface area contributed by atoms with E-state index in [2.05, 4.69) is 10.3 Å². The minimum absolute atomic E-state index is 0.0222. The molecule has 0 aliphatic rings. The van der Waals surface area contributed by atoms with Crippen LogP contribution in [0.15, 0.2) is 63.9 Å². The Bertz CT molecular complexity index is 1170. The number of carbonyl (C=O) groups is 2. The number of nitrogens with one attached hydrogen (secondary N) is 1. The lowest BCUT2D eigenvalue weighted by atomic mass is 10.2. The van der Waals surface area contributed by atoms with Crippen LogP contribution in [0.4, 0.5) is 5.69 Å². The van der Waals surface area contributed by atoms with Crippen molar-refractivity contribution in [3.05, 3.63) is 66.1 Å². The molecule has 0 saturated heterocycles. The van der Waals surface area contributed by atoms with E-state index in [9.17, 15) is 18.0 Å². The van der Waals surface area contributed by atoms with Gasteiger partial charge in [0.2, 0.25) is 15.9 Å². The summed E-state index contributed by atoms with van der Waals surface area (Å²) in [5.41, 5.74) is 0.999. The minimum atomic E-state index is -3.83. The van der Waals surface area contributed by atoms with Gasteiger partial charge in [0.15, 0.2) is 11.8 Å². The summed E-state index contributed by atoms with van der Waals surface area (Å²) in [5.74, 6) is -0.862. The van der Waals surface area contributed by atoms with E-state index in [-0.39, 0.29) is 22.2 Å². The van der Waals surface area contributed by atoms with Crippen molar-refractivity contribution < 1.29 is 27.2 Å². The molecule has 3 aromatic rings. The van der Waals surface area contributed by atoms with Gasteiger partial charge in [0.05, 0.1) is 4.90 Å². The third kappa shape index (κ3) is 4.91. The van der Waals surface area contributed by atoms with Gasteiger partial charge in [0.25, 0.3) is 5.91 Å². The molecule has 10 heteroatoms. The highest BCUT2D eigenvalue weighted by Gasteiger charge is 2.24. The third-order valence-corrected chi connectivity index (χ3v) is 5.04. The summed E-state index contributed by atoms with van der Waals surface area (Å²) in [5, 5.41) is 7.56. The first-order chi connectivity index (χ1) is 14.1. The Morgan fingerprint density at radius 3 is 2.33 bits per heavy atom. The lowest BCUT2D eigenvalue weighted by Gasteiger charge is -2.13. The number of aromatic nitrogens is 1. The van der Waals surface area contributed by atoms with Gasteiger partial charge in [-0.1, -0.05) is 18.2 Å². The maximum absolute atomic E-state index is 12.4. The molecule has 156 valence electrons. The summed E-state index contributed by atoms with van der Waals surface area (Å²) in [6.45, 7) is 2.98. The molecule has 1 atom stereocenters. The maximum Gasteiger partial charge on any atom is 0.361 e. The van der Waals surface area contributed by atoms with Crippen LogP contribution < -0.4 is 10.5 Å². The molecule has 0 saturated carbocycles. The van der Waals surface area contributed by atoms with Crippen LogP contribution in [0.2, 0.25) is 0 Å². The van der Waals surface area contributed by atoms with Gasteiger partial charge in [-0.15, -0.1) is 0 Å². The van der Waals surface area contributed by atoms with Crippen LogP contribution in [0.25, 0.3) is 11.5 Å². The maximum atomic E-state index is 12.4. The van der Waals surface area contributed by atoms with Crippen LogP contribution >= 0.6 is 0 Å². The lowest BCUT2D eigenvalue weighted by Crippen LogP contribution is -2.30. The molecule has 3 N–H and O–H groups in total. The molecule has 2 aromatic carbocycles. The Kier molecular flexibility index (Phi) is 5.99. The predicted octanol–water partition coefficient (Wildman–Crippen LogP) is 2.48. The largest absolute Gasteiger partial charge is 0.448 e. The number of hydrogen-bond acceptors (Lipinski definition) is 7. The molecule has 1 heterocycles. The van der Waals surface area contributed by atoms with Gasteiger partial charge in [-0.05, 0) is 50.2 Å². The smallest absolute Gasteiger partial charge is 0.361 e. The number of carbonyl (C=O) groups excluding carboxylic acids is 2. The fourth-order valence-electron chi connectivity index (χ4n) is 2.53. The predicted molar refractivity (Wildman–Crippen MR) is 108 cm³/mol. The van der Waals surface area contributed by atoms with Gasteiger partial charge < -0.3 is 14.5 Å². The van der Waals surface area contributed by atoms with E-state index in [0.717, 1.165) is 0 Å². The number of amides is 1. The summed E-state index contributed by atoms with van der Waals surface area (Å²) < 4.78 is 33.3. The zero-order valence-corrected chi connectivity index (χ0v) is 17.0. The quantitative estimate of drug-likeness (QED) is 0.573. The Hall–Kier alpha value is -3.50. The van der Waals surface area contributed by atoms with Gasteiger partial charge in [-0.25, -0.2) is 23.3 Å². The fraction of sp³-hybridized carbons (Fsp3) is 0.150. The van der Waals surface area contributed by atoms with E-state index < -0.39 is 28.0 Å². The van der Waals surface area contributed by atoms with Crippen molar-refractivity contribution in [2.24, 2.45) is 5.14 Å². The van der Waals surface area contributed by atoms with Crippen LogP contribution in [0, 0.1) is 6.92 Å². The van der Waals surface area contributed by atoms with E-state index in [1.54, 1.807) is 19.1 Å². The Balaban J connectivity index is 1.65. The Morgan fingerprint density at radius 2 is 1.73 bits per heavy atom. The molecule has 0 radical (unpaired) electrons. The highest BCUT2D eigenvalue weighted by molar-refractivity contribution is 7.89. The molecule has 0 aliphatic heterocycles. The summed E-state index contributed by atoms with van der Waals surface area (Å²) in [6, 6.07) is 14.3. The molecule has 3 rings (SSSR count). The van der Waals surface area contributed by atoms with Crippen LogP contribution in [-0.2, 0) is 19.6 Å². The van der Waals surface area contributed by atoms with Gasteiger partial charge >= 0.3 is 5.97 Å². The Labute approximate surface area is 172 Å². The fourth-order valence-corrected chi connectivity index (χ4v) is 3.05. The number of hydrogen-bond donors (Lipinski definition) is 2. The van der Waals surface area contributed by atoms with Crippen LogP contribution in [0.1, 0.15) is 23.2 Å². The summed E-state index contributed by atoms with van der Waals surface area (Å²) in [7, 11) is -3.83. The van der Waals surface area contributed by atoms with Crippen molar-refractivity contribution in [1.29, 1.82) is 0 Å². The van der Waals surface area contributed by atoms with Gasteiger partial charge in [0, 0.05) is 11.3 Å². The number of primary sulfonamides is 1. The van der Waals surface area contributed by atoms with Gasteiger partial charge in [-0.2, -0.15) is 0 Å². The van der Waals surface area contributed by atoms with Crippen molar-refractivity contribution in [2.75, 3.05) is 5.32 Å². The lowest BCUT2D eigenvalue weighted by molar-refractivity contribution is -0.123. The molecule has 0 fully saturated rings. The monoisotopic (exact) mass is 429 g/mol. The number of benzene rings is 2. The zero-order chi connectivity index (χ0) is 21.9. The number of sulfonamides is 1. The van der Waals surface area contributed by atoms with Crippen molar-refractivity contribution in [3.8, 4) is 11.5 Å². The molecule has 1 amide bonds. The summed E-state index contributed by atoms with van der Waals surface area (Å²) in [4.78, 5) is 28.8. The first-order valence-corrected chi connectivity index (χ1v) is 10.4. The molecule has 1 aromatic heterocycles. The number of ether oxygens (including phenoxy) is 1. The molecular weight excluding hydrogens is 410 g/mol. The minimum Gasteiger partial charge on any atom is -0.448 e. The van der Waals surface area contributed by atoms with E-state index in [0.29, 0.717) is 11.3 Å². The number of oxazole rings is 1. The second-order valence-electron chi connectivity index (χ2n) is 6.40. The van der Waals surface area contributed by atoms with E-state index in [1.807, 2.05) is 18.2 Å². The number of anilines is 1. The van der Waals surface area contributed by atoms with Crippen molar-refractivity contribution in [2.45, 2.75) is 24.8 Å². The van der Waals surface area contributed by atoms with E-state index in [4.69, 9.17) is 14.3 Å². The molecule has 0 bridgehead atoms. The van der Waals surface area contributed by atoms with Crippen LogP contribution in [-0.4, -0.2) is 31.4 Å². The summed E-state index contributed by atoms with van der Waals surface area (Å²) in [6.07, 6.45) is -1.13. The topological polar surface area (TPSA) is 142 Å². The second kappa shape index (κ2) is 8.47. The molecule has 0 aliphatic carbocycles. The van der Waals surface area contributed by atoms with Crippen LogP contribution in [0.3, 0.4) is 0 Å². The number of rotatable bonds is 6. The molecule has 9 nitrogen and oxygen atoms in total. The summed E-state index contributed by atoms with van der Waals surface area (Å²) >= 11 is 0. The van der Waals surface area contributed by atoms with E-state index in [1.165, 1.54) is 31.2 Å². The first kappa shape index (κ1) is 21.2. The van der Waals surface area contributed by atoms with Crippen molar-refractivity contribution in [3.63, 3.8) is 0 Å². The molecular formula is C20H19N3O6S. The number of nitrogens with zero attached hydrogens (tertiary/aromatic N) is 1. The number of esters is 1. The third-order valence-electron chi connectivity index (χ3n) is 4.11. The number of aryl methyl sites for hydroxylation is 1. The van der Waals surface area contributed by atoms with E-state index >= 15 is 0 Å². The standard InChI is InChI=1S/C20H19N3O6S/c1-12-17(23-19(28-12)14-6-4-3-5-7-14)20(25)29-13(2)18(24)22-15-8-10-16(11-9-15)30(21,26)27/h3-11,13H,1-2H3,(H,22,24)(H2,21,26,27)/t13-/m0/s1. The highest BCUT2D eigenvalue weighted by Crippen LogP contribution is 2.22. The zero-order valence-electron chi connectivity index (χ0n) is 16.2. The van der Waals surface area contributed by atoms with Gasteiger partial charge in [-0.3, -0.25) is 4.79 Å². The molecule has 0 unspecified atom stereocenters. The SMILES string of the molecule is Cc1oc(-c2ccccc2)nc1C(=O)O[C@@H](C)C(=O)Nc1ccc(S(N)(=O)=O)cc1. The van der Waals surface area contributed by atoms with Gasteiger partial charge in [0.1, 0.15) is 5.76 Å². The first-order valence-electron chi connectivity index (χ1n) is 8.82. The Morgan fingerprint density at radius 1 is 1.10 bits per heavy atom. The van der Waals surface area contributed by atoms with Crippen molar-refractivity contribution >= 4 is 27.6 Å². The highest BCUT2D eigenvalue weighted by atomic mass is 32.2. The number of nitrogens with two attached hydrogens (primary N) is 1. The second-order valence-corrected chi connectivity index (χ2v) is 7.96. The molecule has 30 heavy (non-hydrogen) atoms. The molecule has 0 spiro atoms. The average molecular weight is 429 g/mol. The van der Waals surface area contributed by atoms with Crippen LogP contribution in [0.5, 0.6) is 0 Å². The van der Waals surface area contributed by atoms with Crippen molar-refractivity contribution in [1.82, 2.24) is 4.98 Å². The average Bonchev–Trinajstić information content (AvgIpc) is 3.10. The normalized spacial score (nSPS) is 12.2.